The van der Waals surface area contributed by atoms with Crippen LogP contribution >= 0.6 is 0 Å². The van der Waals surface area contributed by atoms with Crippen molar-refractivity contribution >= 4 is 0 Å². The lowest BCUT2D eigenvalue weighted by atomic mass is 9.95. The molecule has 3 fully saturated rings. The third-order valence-electron chi connectivity index (χ3n) is 5.02. The Bertz CT molecular complexity index is 281. The zero-order chi connectivity index (χ0) is 12.4. The SMILES string of the molecule is COCC12CCCN1[C@@H](CN1CCOCC1)CC2. The molecule has 3 heterocycles. The van der Waals surface area contributed by atoms with Crippen LogP contribution < -0.4 is 0 Å². The van der Waals surface area contributed by atoms with Crippen molar-refractivity contribution in [1.29, 1.82) is 0 Å². The molecule has 0 saturated carbocycles. The molecule has 0 amide bonds. The van der Waals surface area contributed by atoms with Gasteiger partial charge in [0.25, 0.3) is 0 Å². The van der Waals surface area contributed by atoms with E-state index < -0.39 is 0 Å². The molecule has 18 heavy (non-hydrogen) atoms. The van der Waals surface area contributed by atoms with Crippen LogP contribution in [0.3, 0.4) is 0 Å². The van der Waals surface area contributed by atoms with Crippen LogP contribution in [0.15, 0.2) is 0 Å². The first kappa shape index (κ1) is 12.9. The predicted octanol–water partition coefficient (Wildman–Crippen LogP) is 0.962. The monoisotopic (exact) mass is 254 g/mol. The Morgan fingerprint density at radius 1 is 1.22 bits per heavy atom. The highest BCUT2D eigenvalue weighted by molar-refractivity contribution is 5.05. The fourth-order valence-electron chi connectivity index (χ4n) is 4.16. The minimum Gasteiger partial charge on any atom is -0.383 e. The van der Waals surface area contributed by atoms with Crippen molar-refractivity contribution in [1.82, 2.24) is 9.80 Å². The summed E-state index contributed by atoms with van der Waals surface area (Å²) in [5.41, 5.74) is 0.381. The first-order valence-electron chi connectivity index (χ1n) is 7.40. The van der Waals surface area contributed by atoms with E-state index in [-0.39, 0.29) is 0 Å². The number of nitrogens with zero attached hydrogens (tertiary/aromatic N) is 2. The predicted molar refractivity (Wildman–Crippen MR) is 70.8 cm³/mol. The Labute approximate surface area is 110 Å². The number of rotatable bonds is 4. The number of methoxy groups -OCH3 is 1. The van der Waals surface area contributed by atoms with E-state index in [9.17, 15) is 0 Å². The van der Waals surface area contributed by atoms with Crippen LogP contribution in [0.4, 0.5) is 0 Å². The average molecular weight is 254 g/mol. The van der Waals surface area contributed by atoms with E-state index in [0.717, 1.165) is 39.0 Å². The summed E-state index contributed by atoms with van der Waals surface area (Å²) in [5, 5.41) is 0. The Morgan fingerprint density at radius 3 is 2.83 bits per heavy atom. The molecule has 0 aliphatic carbocycles. The maximum absolute atomic E-state index is 5.49. The van der Waals surface area contributed by atoms with Gasteiger partial charge in [-0.05, 0) is 32.2 Å². The second-order valence-electron chi connectivity index (χ2n) is 6.06. The molecule has 0 aromatic rings. The first-order valence-corrected chi connectivity index (χ1v) is 7.40. The zero-order valence-corrected chi connectivity index (χ0v) is 11.6. The molecule has 4 heteroatoms. The van der Waals surface area contributed by atoms with Crippen LogP contribution in [0.1, 0.15) is 25.7 Å². The molecular weight excluding hydrogens is 228 g/mol. The van der Waals surface area contributed by atoms with Crippen LogP contribution in [0.5, 0.6) is 0 Å². The lowest BCUT2D eigenvalue weighted by Crippen LogP contribution is -2.50. The highest BCUT2D eigenvalue weighted by Crippen LogP contribution is 2.42. The number of hydrogen-bond acceptors (Lipinski definition) is 4. The van der Waals surface area contributed by atoms with Gasteiger partial charge in [-0.2, -0.15) is 0 Å². The summed E-state index contributed by atoms with van der Waals surface area (Å²) < 4.78 is 10.9. The van der Waals surface area contributed by atoms with Crippen molar-refractivity contribution in [2.75, 3.05) is 53.1 Å². The van der Waals surface area contributed by atoms with Gasteiger partial charge < -0.3 is 9.47 Å². The molecule has 0 radical (unpaired) electrons. The molecular formula is C14H26N2O2. The molecule has 1 unspecified atom stereocenters. The highest BCUT2D eigenvalue weighted by Gasteiger charge is 2.49. The van der Waals surface area contributed by atoms with E-state index in [4.69, 9.17) is 9.47 Å². The van der Waals surface area contributed by atoms with Crippen LogP contribution in [0, 0.1) is 0 Å². The summed E-state index contributed by atoms with van der Waals surface area (Å²) in [7, 11) is 1.85. The fourth-order valence-corrected chi connectivity index (χ4v) is 4.16. The third-order valence-corrected chi connectivity index (χ3v) is 5.02. The molecule has 0 aromatic heterocycles. The minimum absolute atomic E-state index is 0.381. The molecule has 3 saturated heterocycles. The molecule has 3 rings (SSSR count). The van der Waals surface area contributed by atoms with Gasteiger partial charge in [-0.25, -0.2) is 0 Å². The molecule has 0 spiro atoms. The highest BCUT2D eigenvalue weighted by atomic mass is 16.5. The third kappa shape index (κ3) is 2.31. The van der Waals surface area contributed by atoms with Gasteiger partial charge in [0.15, 0.2) is 0 Å². The Hall–Kier alpha value is -0.160. The summed E-state index contributed by atoms with van der Waals surface area (Å²) in [6, 6.07) is 0.751. The van der Waals surface area contributed by atoms with Crippen molar-refractivity contribution in [2.24, 2.45) is 0 Å². The molecule has 3 aliphatic rings. The second kappa shape index (κ2) is 5.45. The van der Waals surface area contributed by atoms with Gasteiger partial charge in [0, 0.05) is 38.3 Å². The normalized spacial score (nSPS) is 38.2. The maximum Gasteiger partial charge on any atom is 0.0646 e. The summed E-state index contributed by atoms with van der Waals surface area (Å²) in [6.07, 6.45) is 5.36. The molecule has 0 aromatic carbocycles. The number of hydrogen-bond donors (Lipinski definition) is 0. The van der Waals surface area contributed by atoms with Gasteiger partial charge >= 0.3 is 0 Å². The smallest absolute Gasteiger partial charge is 0.0646 e. The first-order chi connectivity index (χ1) is 8.84. The standard InChI is InChI=1S/C14H26N2O2/c1-17-12-14-4-2-6-16(14)13(3-5-14)11-15-7-9-18-10-8-15/h13H,2-12H2,1H3/t13-,14?/m1/s1. The van der Waals surface area contributed by atoms with Crippen molar-refractivity contribution in [3.05, 3.63) is 0 Å². The molecule has 104 valence electrons. The van der Waals surface area contributed by atoms with E-state index in [1.165, 1.54) is 38.8 Å². The van der Waals surface area contributed by atoms with E-state index >= 15 is 0 Å². The van der Waals surface area contributed by atoms with Gasteiger partial charge in [0.05, 0.1) is 19.8 Å². The van der Waals surface area contributed by atoms with E-state index in [1.54, 1.807) is 0 Å². The number of fused-ring (bicyclic) bond motifs is 1. The van der Waals surface area contributed by atoms with Crippen LogP contribution in [0.2, 0.25) is 0 Å². The zero-order valence-electron chi connectivity index (χ0n) is 11.6. The fraction of sp³-hybridized carbons (Fsp3) is 1.00. The second-order valence-corrected chi connectivity index (χ2v) is 6.06. The summed E-state index contributed by atoms with van der Waals surface area (Å²) in [5.74, 6) is 0. The topological polar surface area (TPSA) is 24.9 Å². The lowest BCUT2D eigenvalue weighted by Gasteiger charge is -2.37. The van der Waals surface area contributed by atoms with Crippen molar-refractivity contribution in [3.63, 3.8) is 0 Å². The number of ether oxygens (including phenoxy) is 2. The van der Waals surface area contributed by atoms with Gasteiger partial charge in [0.1, 0.15) is 0 Å². The Morgan fingerprint density at radius 2 is 2.06 bits per heavy atom. The van der Waals surface area contributed by atoms with Crippen molar-refractivity contribution in [3.8, 4) is 0 Å². The lowest BCUT2D eigenvalue weighted by molar-refractivity contribution is 0.0114. The van der Waals surface area contributed by atoms with Crippen LogP contribution in [0.25, 0.3) is 0 Å². The van der Waals surface area contributed by atoms with Gasteiger partial charge in [0.2, 0.25) is 0 Å². The minimum atomic E-state index is 0.381. The molecule has 0 N–H and O–H groups in total. The maximum atomic E-state index is 5.49. The van der Waals surface area contributed by atoms with Crippen molar-refractivity contribution < 1.29 is 9.47 Å². The van der Waals surface area contributed by atoms with E-state index in [2.05, 4.69) is 9.80 Å². The molecule has 2 atom stereocenters. The number of morpholine rings is 1. The largest absolute Gasteiger partial charge is 0.383 e. The average Bonchev–Trinajstić information content (AvgIpc) is 2.92. The quantitative estimate of drug-likeness (QED) is 0.746. The summed E-state index contributed by atoms with van der Waals surface area (Å²) in [4.78, 5) is 5.33. The van der Waals surface area contributed by atoms with Crippen LogP contribution in [-0.4, -0.2) is 74.5 Å². The Kier molecular flexibility index (Phi) is 3.89. The van der Waals surface area contributed by atoms with Crippen LogP contribution in [-0.2, 0) is 9.47 Å². The molecule has 0 bridgehead atoms. The van der Waals surface area contributed by atoms with E-state index in [0.29, 0.717) is 5.54 Å². The molecule has 4 nitrogen and oxygen atoms in total. The van der Waals surface area contributed by atoms with E-state index in [1.807, 2.05) is 7.11 Å². The summed E-state index contributed by atoms with van der Waals surface area (Å²) in [6.45, 7) is 7.48. The summed E-state index contributed by atoms with van der Waals surface area (Å²) >= 11 is 0. The van der Waals surface area contributed by atoms with Gasteiger partial charge in [-0.1, -0.05) is 0 Å². The van der Waals surface area contributed by atoms with Crippen molar-refractivity contribution in [2.45, 2.75) is 37.3 Å². The van der Waals surface area contributed by atoms with Gasteiger partial charge in [-0.15, -0.1) is 0 Å². The Balaban J connectivity index is 1.60. The molecule has 3 aliphatic heterocycles. The van der Waals surface area contributed by atoms with Gasteiger partial charge in [-0.3, -0.25) is 9.80 Å².